The highest BCUT2D eigenvalue weighted by molar-refractivity contribution is 5.87. The van der Waals surface area contributed by atoms with Crippen LogP contribution in [0.25, 0.3) is 16.9 Å². The SMILES string of the molecule is O=C(O)c1ccc(-n2cc(CNc3ccc(F)cc3)c(-c3ccc(F)c(F)c3)n2)cc1. The van der Waals surface area contributed by atoms with Gasteiger partial charge in [-0.15, -0.1) is 0 Å². The zero-order valence-corrected chi connectivity index (χ0v) is 16.0. The Labute approximate surface area is 175 Å². The summed E-state index contributed by atoms with van der Waals surface area (Å²) in [4.78, 5) is 11.1. The molecule has 0 saturated carbocycles. The fourth-order valence-corrected chi connectivity index (χ4v) is 3.08. The van der Waals surface area contributed by atoms with Gasteiger partial charge in [0.1, 0.15) is 5.82 Å². The number of benzene rings is 3. The molecule has 0 amide bonds. The average molecular weight is 423 g/mol. The van der Waals surface area contributed by atoms with Gasteiger partial charge in [0.15, 0.2) is 11.6 Å². The lowest BCUT2D eigenvalue weighted by Gasteiger charge is -2.07. The van der Waals surface area contributed by atoms with Crippen LogP contribution in [0, 0.1) is 17.5 Å². The van der Waals surface area contributed by atoms with Gasteiger partial charge in [0.05, 0.1) is 16.9 Å². The van der Waals surface area contributed by atoms with Crippen LogP contribution in [0.1, 0.15) is 15.9 Å². The van der Waals surface area contributed by atoms with E-state index in [1.807, 2.05) is 0 Å². The molecule has 3 aromatic carbocycles. The molecule has 0 aliphatic rings. The van der Waals surface area contributed by atoms with E-state index in [-0.39, 0.29) is 17.9 Å². The third-order valence-electron chi connectivity index (χ3n) is 4.69. The van der Waals surface area contributed by atoms with Crippen LogP contribution in [0.4, 0.5) is 18.9 Å². The summed E-state index contributed by atoms with van der Waals surface area (Å²) in [5.74, 6) is -3.35. The van der Waals surface area contributed by atoms with Crippen molar-refractivity contribution in [1.29, 1.82) is 0 Å². The molecule has 4 aromatic rings. The lowest BCUT2D eigenvalue weighted by Crippen LogP contribution is -2.00. The fourth-order valence-electron chi connectivity index (χ4n) is 3.08. The monoisotopic (exact) mass is 423 g/mol. The predicted octanol–water partition coefficient (Wildman–Crippen LogP) is 5.27. The lowest BCUT2D eigenvalue weighted by atomic mass is 10.1. The minimum Gasteiger partial charge on any atom is -0.478 e. The molecule has 0 spiro atoms. The standard InChI is InChI=1S/C23H16F3N3O2/c24-17-4-6-18(7-5-17)27-12-16-13-29(19-8-1-14(2-9-19)23(30)31)28-22(16)15-3-10-20(25)21(26)11-15/h1-11,13,27H,12H2,(H,30,31). The second-order valence-corrected chi connectivity index (χ2v) is 6.79. The summed E-state index contributed by atoms with van der Waals surface area (Å²) in [6.45, 7) is 0.285. The van der Waals surface area contributed by atoms with Gasteiger partial charge < -0.3 is 10.4 Å². The van der Waals surface area contributed by atoms with E-state index in [4.69, 9.17) is 5.11 Å². The van der Waals surface area contributed by atoms with Crippen LogP contribution >= 0.6 is 0 Å². The van der Waals surface area contributed by atoms with Crippen molar-refractivity contribution in [3.63, 3.8) is 0 Å². The highest BCUT2D eigenvalue weighted by Crippen LogP contribution is 2.26. The molecule has 2 N–H and O–H groups in total. The van der Waals surface area contributed by atoms with E-state index in [0.29, 0.717) is 28.2 Å². The molecule has 31 heavy (non-hydrogen) atoms. The van der Waals surface area contributed by atoms with Gasteiger partial charge in [0, 0.05) is 29.6 Å². The van der Waals surface area contributed by atoms with Crippen molar-refractivity contribution in [1.82, 2.24) is 9.78 Å². The van der Waals surface area contributed by atoms with Gasteiger partial charge in [0.25, 0.3) is 0 Å². The van der Waals surface area contributed by atoms with Gasteiger partial charge in [-0.1, -0.05) is 0 Å². The number of aromatic carboxylic acids is 1. The van der Waals surface area contributed by atoms with E-state index in [9.17, 15) is 18.0 Å². The number of carboxylic acids is 1. The van der Waals surface area contributed by atoms with Crippen LogP contribution in [0.2, 0.25) is 0 Å². The lowest BCUT2D eigenvalue weighted by molar-refractivity contribution is 0.0697. The number of aromatic nitrogens is 2. The normalized spacial score (nSPS) is 10.8. The molecule has 0 aliphatic carbocycles. The first kappa shape index (κ1) is 20.2. The molecular weight excluding hydrogens is 407 g/mol. The number of hydrogen-bond donors (Lipinski definition) is 2. The molecule has 4 rings (SSSR count). The molecule has 5 nitrogen and oxygen atoms in total. The number of carbonyl (C=O) groups is 1. The summed E-state index contributed by atoms with van der Waals surface area (Å²) in [5, 5.41) is 16.7. The van der Waals surface area contributed by atoms with Crippen LogP contribution in [0.15, 0.2) is 72.9 Å². The van der Waals surface area contributed by atoms with Crippen LogP contribution in [0.3, 0.4) is 0 Å². The third kappa shape index (κ3) is 4.42. The Morgan fingerprint density at radius 1 is 0.935 bits per heavy atom. The van der Waals surface area contributed by atoms with Crippen LogP contribution in [0.5, 0.6) is 0 Å². The van der Waals surface area contributed by atoms with Crippen molar-refractivity contribution in [2.75, 3.05) is 5.32 Å². The molecule has 0 atom stereocenters. The Morgan fingerprint density at radius 2 is 1.65 bits per heavy atom. The summed E-state index contributed by atoms with van der Waals surface area (Å²) in [6.07, 6.45) is 1.71. The van der Waals surface area contributed by atoms with Gasteiger partial charge in [-0.25, -0.2) is 22.6 Å². The first-order valence-corrected chi connectivity index (χ1v) is 9.28. The van der Waals surface area contributed by atoms with E-state index >= 15 is 0 Å². The molecule has 0 radical (unpaired) electrons. The zero-order chi connectivity index (χ0) is 22.0. The van der Waals surface area contributed by atoms with E-state index in [1.54, 1.807) is 30.5 Å². The van der Waals surface area contributed by atoms with Gasteiger partial charge in [0.2, 0.25) is 0 Å². The Balaban J connectivity index is 1.70. The van der Waals surface area contributed by atoms with Crippen molar-refractivity contribution in [2.45, 2.75) is 6.54 Å². The maximum absolute atomic E-state index is 13.8. The van der Waals surface area contributed by atoms with E-state index in [2.05, 4.69) is 10.4 Å². The van der Waals surface area contributed by atoms with E-state index in [0.717, 1.165) is 12.1 Å². The highest BCUT2D eigenvalue weighted by Gasteiger charge is 2.15. The van der Waals surface area contributed by atoms with E-state index in [1.165, 1.54) is 35.0 Å². The topological polar surface area (TPSA) is 67.2 Å². The maximum Gasteiger partial charge on any atom is 0.335 e. The molecule has 1 aromatic heterocycles. The molecule has 0 unspecified atom stereocenters. The first-order valence-electron chi connectivity index (χ1n) is 9.28. The zero-order valence-electron chi connectivity index (χ0n) is 16.0. The molecule has 0 aliphatic heterocycles. The van der Waals surface area contributed by atoms with Gasteiger partial charge in [-0.2, -0.15) is 5.10 Å². The Morgan fingerprint density at radius 3 is 2.29 bits per heavy atom. The van der Waals surface area contributed by atoms with Crippen molar-refractivity contribution < 1.29 is 23.1 Å². The molecular formula is C23H16F3N3O2. The number of nitrogens with one attached hydrogen (secondary N) is 1. The second kappa shape index (κ2) is 8.35. The minimum atomic E-state index is -1.04. The molecule has 0 bridgehead atoms. The fraction of sp³-hybridized carbons (Fsp3) is 0.0435. The largest absolute Gasteiger partial charge is 0.478 e. The highest BCUT2D eigenvalue weighted by atomic mass is 19.2. The smallest absolute Gasteiger partial charge is 0.335 e. The number of carboxylic acid groups (broad SMARTS) is 1. The summed E-state index contributed by atoms with van der Waals surface area (Å²) >= 11 is 0. The summed E-state index contributed by atoms with van der Waals surface area (Å²) < 4.78 is 41.9. The van der Waals surface area contributed by atoms with E-state index < -0.39 is 17.6 Å². The third-order valence-corrected chi connectivity index (χ3v) is 4.69. The number of halogens is 3. The number of rotatable bonds is 6. The molecule has 0 fully saturated rings. The van der Waals surface area contributed by atoms with Gasteiger partial charge in [-0.05, 0) is 66.7 Å². The first-order chi connectivity index (χ1) is 14.9. The Hall–Kier alpha value is -4.07. The van der Waals surface area contributed by atoms with Crippen molar-refractivity contribution in [2.24, 2.45) is 0 Å². The number of anilines is 1. The van der Waals surface area contributed by atoms with Crippen LogP contribution < -0.4 is 5.32 Å². The molecule has 0 saturated heterocycles. The maximum atomic E-state index is 13.8. The van der Waals surface area contributed by atoms with Crippen molar-refractivity contribution >= 4 is 11.7 Å². The predicted molar refractivity (Wildman–Crippen MR) is 110 cm³/mol. The number of nitrogens with zero attached hydrogens (tertiary/aromatic N) is 2. The minimum absolute atomic E-state index is 0.134. The second-order valence-electron chi connectivity index (χ2n) is 6.79. The molecule has 8 heteroatoms. The van der Waals surface area contributed by atoms with Crippen molar-refractivity contribution in [3.05, 3.63) is 102 Å². The summed E-state index contributed by atoms with van der Waals surface area (Å²) in [5.41, 5.74) is 2.90. The number of hydrogen-bond acceptors (Lipinski definition) is 3. The molecule has 1 heterocycles. The van der Waals surface area contributed by atoms with Gasteiger partial charge in [-0.3, -0.25) is 0 Å². The summed E-state index contributed by atoms with van der Waals surface area (Å²) in [7, 11) is 0. The summed E-state index contributed by atoms with van der Waals surface area (Å²) in [6, 6.07) is 15.5. The molecule has 156 valence electrons. The Bertz CT molecular complexity index is 1240. The quantitative estimate of drug-likeness (QED) is 0.444. The Kier molecular flexibility index (Phi) is 5.44. The van der Waals surface area contributed by atoms with Crippen molar-refractivity contribution in [3.8, 4) is 16.9 Å². The van der Waals surface area contributed by atoms with Crippen LogP contribution in [-0.4, -0.2) is 20.9 Å². The van der Waals surface area contributed by atoms with Crippen LogP contribution in [-0.2, 0) is 6.54 Å². The average Bonchev–Trinajstić information content (AvgIpc) is 3.19. The van der Waals surface area contributed by atoms with Gasteiger partial charge >= 0.3 is 5.97 Å².